The van der Waals surface area contributed by atoms with Crippen molar-refractivity contribution in [2.75, 3.05) is 72.1 Å². The van der Waals surface area contributed by atoms with E-state index in [1.165, 1.54) is 25.6 Å². The zero-order valence-electron chi connectivity index (χ0n) is 22.2. The van der Waals surface area contributed by atoms with Gasteiger partial charge in [-0.05, 0) is 29.8 Å². The van der Waals surface area contributed by atoms with Gasteiger partial charge in [-0.25, -0.2) is 23.1 Å². The highest BCUT2D eigenvalue weighted by Gasteiger charge is 2.36. The number of amides is 1. The molecule has 2 aromatic carbocycles. The molecule has 40 heavy (non-hydrogen) atoms. The van der Waals surface area contributed by atoms with E-state index in [1.807, 2.05) is 0 Å². The fraction of sp³-hybridized carbons (Fsp3) is 0.423. The Morgan fingerprint density at radius 3 is 2.65 bits per heavy atom. The van der Waals surface area contributed by atoms with E-state index in [9.17, 15) is 13.2 Å². The van der Waals surface area contributed by atoms with Crippen LogP contribution in [0, 0.1) is 0 Å². The average molecular weight is 594 g/mol. The van der Waals surface area contributed by atoms with E-state index in [0.29, 0.717) is 72.3 Å². The standard InChI is InChI=1S/C26H31N5O7S.ClH/c1-35-11-12-38-23-15-21-19(14-22(23)36-2)25(28-16-27-21)24-18-13-17(3-4-20(18)30-26(24)32)39(33,34)29-5-6-31-7-9-37-10-8-31;/h3-4,13-16,24,29H,5-12H2,1-2H3,(H,30,32);1H. The maximum absolute atomic E-state index is 13.2. The molecule has 1 unspecified atom stereocenters. The number of benzene rings is 2. The molecule has 2 aliphatic heterocycles. The molecular weight excluding hydrogens is 562 g/mol. The van der Waals surface area contributed by atoms with Crippen molar-refractivity contribution in [1.29, 1.82) is 0 Å². The Morgan fingerprint density at radius 2 is 1.90 bits per heavy atom. The van der Waals surface area contributed by atoms with E-state index < -0.39 is 15.9 Å². The first-order valence-electron chi connectivity index (χ1n) is 12.6. The smallest absolute Gasteiger partial charge is 0.240 e. The number of hydrogen-bond acceptors (Lipinski definition) is 10. The molecule has 0 spiro atoms. The van der Waals surface area contributed by atoms with E-state index in [1.54, 1.807) is 25.3 Å². The Labute approximate surface area is 238 Å². The molecule has 1 fully saturated rings. The summed E-state index contributed by atoms with van der Waals surface area (Å²) in [4.78, 5) is 24.2. The van der Waals surface area contributed by atoms with Crippen LogP contribution in [0.4, 0.5) is 5.69 Å². The van der Waals surface area contributed by atoms with Gasteiger partial charge < -0.3 is 24.3 Å². The predicted octanol–water partition coefficient (Wildman–Crippen LogP) is 1.78. The molecule has 0 bridgehead atoms. The first-order chi connectivity index (χ1) is 18.9. The molecule has 2 N–H and O–H groups in total. The molecule has 216 valence electrons. The summed E-state index contributed by atoms with van der Waals surface area (Å²) in [6, 6.07) is 8.08. The number of nitrogens with one attached hydrogen (secondary N) is 2. The molecule has 1 amide bonds. The molecule has 1 aromatic heterocycles. The summed E-state index contributed by atoms with van der Waals surface area (Å²) in [6.07, 6.45) is 1.38. The number of anilines is 1. The number of aromatic nitrogens is 2. The summed E-state index contributed by atoms with van der Waals surface area (Å²) < 4.78 is 50.6. The Balaban J connectivity index is 0.00000370. The Hall–Kier alpha value is -3.07. The number of halogens is 1. The normalized spacial score (nSPS) is 17.2. The first kappa shape index (κ1) is 29.9. The summed E-state index contributed by atoms with van der Waals surface area (Å²) >= 11 is 0. The van der Waals surface area contributed by atoms with Gasteiger partial charge in [0.1, 0.15) is 18.9 Å². The second-order valence-electron chi connectivity index (χ2n) is 9.14. The monoisotopic (exact) mass is 593 g/mol. The van der Waals surface area contributed by atoms with E-state index in [0.717, 1.165) is 13.1 Å². The minimum Gasteiger partial charge on any atom is -0.493 e. The molecule has 2 aliphatic rings. The molecule has 0 radical (unpaired) electrons. The first-order valence-corrected chi connectivity index (χ1v) is 14.1. The van der Waals surface area contributed by atoms with E-state index >= 15 is 0 Å². The number of carbonyl (C=O) groups is 1. The lowest BCUT2D eigenvalue weighted by Crippen LogP contribution is -2.41. The van der Waals surface area contributed by atoms with Crippen LogP contribution in [0.5, 0.6) is 11.5 Å². The maximum atomic E-state index is 13.2. The second kappa shape index (κ2) is 13.1. The lowest BCUT2D eigenvalue weighted by molar-refractivity contribution is -0.116. The second-order valence-corrected chi connectivity index (χ2v) is 10.9. The molecule has 3 aromatic rings. The van der Waals surface area contributed by atoms with E-state index in [4.69, 9.17) is 18.9 Å². The van der Waals surface area contributed by atoms with Gasteiger partial charge in [-0.1, -0.05) is 0 Å². The minimum absolute atomic E-state index is 0. The summed E-state index contributed by atoms with van der Waals surface area (Å²) in [6.45, 7) is 4.42. The fourth-order valence-electron chi connectivity index (χ4n) is 4.75. The van der Waals surface area contributed by atoms with Crippen LogP contribution in [0.1, 0.15) is 17.2 Å². The van der Waals surface area contributed by atoms with Crippen LogP contribution in [-0.2, 0) is 24.3 Å². The number of ether oxygens (including phenoxy) is 4. The number of carbonyl (C=O) groups excluding carboxylic acids is 1. The zero-order chi connectivity index (χ0) is 27.4. The number of morpholine rings is 1. The molecule has 1 saturated heterocycles. The molecule has 14 heteroatoms. The molecule has 0 aliphatic carbocycles. The largest absolute Gasteiger partial charge is 0.493 e. The zero-order valence-corrected chi connectivity index (χ0v) is 23.8. The molecule has 0 saturated carbocycles. The fourth-order valence-corrected chi connectivity index (χ4v) is 5.80. The van der Waals surface area contributed by atoms with Crippen molar-refractivity contribution in [1.82, 2.24) is 19.6 Å². The van der Waals surface area contributed by atoms with Crippen LogP contribution in [0.25, 0.3) is 10.9 Å². The SMILES string of the molecule is COCCOc1cc2ncnc(C3C(=O)Nc4ccc(S(=O)(=O)NCCN5CCOCC5)cc43)c2cc1OC.Cl. The number of fused-ring (bicyclic) bond motifs is 2. The summed E-state index contributed by atoms with van der Waals surface area (Å²) in [7, 11) is -0.693. The van der Waals surface area contributed by atoms with Crippen LogP contribution in [0.15, 0.2) is 41.6 Å². The van der Waals surface area contributed by atoms with Crippen LogP contribution in [0.2, 0.25) is 0 Å². The van der Waals surface area contributed by atoms with Gasteiger partial charge in [0.2, 0.25) is 15.9 Å². The van der Waals surface area contributed by atoms with Crippen molar-refractivity contribution in [3.05, 3.63) is 47.9 Å². The van der Waals surface area contributed by atoms with Crippen molar-refractivity contribution in [3.63, 3.8) is 0 Å². The predicted molar refractivity (Wildman–Crippen MR) is 150 cm³/mol. The Kier molecular flexibility index (Phi) is 9.77. The highest BCUT2D eigenvalue weighted by Crippen LogP contribution is 2.41. The third-order valence-corrected chi connectivity index (χ3v) is 8.22. The average Bonchev–Trinajstić information content (AvgIpc) is 3.27. The van der Waals surface area contributed by atoms with E-state index in [2.05, 4.69) is 24.9 Å². The Bertz CT molecular complexity index is 1470. The van der Waals surface area contributed by atoms with Crippen molar-refractivity contribution in [2.45, 2.75) is 10.8 Å². The molecular formula is C26H32ClN5O7S. The Morgan fingerprint density at radius 1 is 1.10 bits per heavy atom. The third-order valence-electron chi connectivity index (χ3n) is 6.76. The highest BCUT2D eigenvalue weighted by molar-refractivity contribution is 7.89. The van der Waals surface area contributed by atoms with Crippen LogP contribution in [-0.4, -0.2) is 96.0 Å². The molecule has 5 rings (SSSR count). The number of rotatable bonds is 11. The minimum atomic E-state index is -3.80. The van der Waals surface area contributed by atoms with Crippen LogP contribution >= 0.6 is 12.4 Å². The van der Waals surface area contributed by atoms with Gasteiger partial charge in [0.15, 0.2) is 11.5 Å². The molecule has 3 heterocycles. The topological polar surface area (TPSA) is 141 Å². The quantitative estimate of drug-likeness (QED) is 0.316. The van der Waals surface area contributed by atoms with Gasteiger partial charge in [-0.3, -0.25) is 9.69 Å². The van der Waals surface area contributed by atoms with E-state index in [-0.39, 0.29) is 29.8 Å². The molecule has 12 nitrogen and oxygen atoms in total. The number of hydrogen-bond donors (Lipinski definition) is 2. The molecule has 1 atom stereocenters. The van der Waals surface area contributed by atoms with Gasteiger partial charge in [0, 0.05) is 50.4 Å². The third kappa shape index (κ3) is 6.29. The highest BCUT2D eigenvalue weighted by atomic mass is 35.5. The summed E-state index contributed by atoms with van der Waals surface area (Å²) in [5, 5.41) is 3.44. The van der Waals surface area contributed by atoms with Crippen LogP contribution < -0.4 is 19.5 Å². The summed E-state index contributed by atoms with van der Waals surface area (Å²) in [5.41, 5.74) is 2.06. The van der Waals surface area contributed by atoms with Gasteiger partial charge in [0.05, 0.1) is 43.0 Å². The van der Waals surface area contributed by atoms with Crippen molar-refractivity contribution < 1.29 is 32.2 Å². The summed E-state index contributed by atoms with van der Waals surface area (Å²) in [5.74, 6) is -0.202. The van der Waals surface area contributed by atoms with Gasteiger partial charge in [0.25, 0.3) is 0 Å². The van der Waals surface area contributed by atoms with Crippen LogP contribution in [0.3, 0.4) is 0 Å². The number of nitrogens with zero attached hydrogens (tertiary/aromatic N) is 3. The maximum Gasteiger partial charge on any atom is 0.240 e. The van der Waals surface area contributed by atoms with Gasteiger partial charge in [-0.15, -0.1) is 12.4 Å². The van der Waals surface area contributed by atoms with Crippen molar-refractivity contribution in [3.8, 4) is 11.5 Å². The number of methoxy groups -OCH3 is 2. The van der Waals surface area contributed by atoms with Gasteiger partial charge >= 0.3 is 0 Å². The van der Waals surface area contributed by atoms with Crippen molar-refractivity contribution in [2.24, 2.45) is 0 Å². The van der Waals surface area contributed by atoms with Gasteiger partial charge in [-0.2, -0.15) is 0 Å². The number of sulfonamides is 1. The lowest BCUT2D eigenvalue weighted by atomic mass is 9.94. The van der Waals surface area contributed by atoms with Crippen molar-refractivity contribution >= 4 is 44.9 Å². The lowest BCUT2D eigenvalue weighted by Gasteiger charge is -2.26.